The van der Waals surface area contributed by atoms with Crippen molar-refractivity contribution in [2.24, 2.45) is 0 Å². The van der Waals surface area contributed by atoms with Gasteiger partial charge in [0.25, 0.3) is 0 Å². The third-order valence-corrected chi connectivity index (χ3v) is 4.51. The van der Waals surface area contributed by atoms with Crippen LogP contribution in [-0.4, -0.2) is 36.0 Å². The molecule has 0 spiro atoms. The van der Waals surface area contributed by atoms with Gasteiger partial charge >= 0.3 is 0 Å². The molecule has 9 heteroatoms. The zero-order valence-corrected chi connectivity index (χ0v) is 15.6. The molecule has 126 valence electrons. The molecule has 0 unspecified atom stereocenters. The minimum absolute atomic E-state index is 0.0110. The van der Waals surface area contributed by atoms with Crippen molar-refractivity contribution in [1.29, 1.82) is 0 Å². The maximum Gasteiger partial charge on any atom is 0.232 e. The van der Waals surface area contributed by atoms with Crippen LogP contribution in [0.15, 0.2) is 41.9 Å². The molecule has 0 amide bonds. The molecule has 0 saturated heterocycles. The zero-order valence-electron chi connectivity index (χ0n) is 13.3. The Labute approximate surface area is 146 Å². The monoisotopic (exact) mass is 376 g/mol. The number of hydrogen-bond donors (Lipinski definition) is 1. The number of nitrogens with zero attached hydrogens (tertiary/aromatic N) is 3. The first-order chi connectivity index (χ1) is 10.6. The quantitative estimate of drug-likeness (QED) is 0.607. The summed E-state index contributed by atoms with van der Waals surface area (Å²) in [6.45, 7) is 7.50. The molecular weight excluding hydrogens is 359 g/mol. The summed E-state index contributed by atoms with van der Waals surface area (Å²) in [5.41, 5.74) is 1.40. The van der Waals surface area contributed by atoms with Gasteiger partial charge in [0.15, 0.2) is 5.82 Å². The molecule has 0 bridgehead atoms. The highest BCUT2D eigenvalue weighted by atomic mass is 35.5. The fourth-order valence-electron chi connectivity index (χ4n) is 1.81. The molecule has 0 atom stereocenters. The fourth-order valence-corrected chi connectivity index (χ4v) is 2.66. The molecule has 23 heavy (non-hydrogen) atoms. The number of anilines is 1. The first-order valence-corrected chi connectivity index (χ1v) is 9.10. The SMILES string of the molecule is C=C(Nc1nc(Cl)ncc1Cl)/C(=C(C)\C=C/C)N(C)S(C)(=O)=O. The van der Waals surface area contributed by atoms with E-state index in [0.717, 1.165) is 10.6 Å². The van der Waals surface area contributed by atoms with E-state index in [9.17, 15) is 8.42 Å². The summed E-state index contributed by atoms with van der Waals surface area (Å²) in [6.07, 6.45) is 6.03. The summed E-state index contributed by atoms with van der Waals surface area (Å²) < 4.78 is 24.9. The van der Waals surface area contributed by atoms with Crippen molar-refractivity contribution in [1.82, 2.24) is 14.3 Å². The van der Waals surface area contributed by atoms with Crippen LogP contribution < -0.4 is 5.32 Å². The lowest BCUT2D eigenvalue weighted by Crippen LogP contribution is -2.28. The van der Waals surface area contributed by atoms with E-state index in [1.165, 1.54) is 13.2 Å². The molecule has 0 aromatic carbocycles. The van der Waals surface area contributed by atoms with Crippen molar-refractivity contribution in [2.75, 3.05) is 18.6 Å². The molecule has 0 fully saturated rings. The van der Waals surface area contributed by atoms with Gasteiger partial charge in [-0.3, -0.25) is 4.31 Å². The summed E-state index contributed by atoms with van der Waals surface area (Å²) in [7, 11) is -2.03. The van der Waals surface area contributed by atoms with Crippen molar-refractivity contribution in [2.45, 2.75) is 13.8 Å². The van der Waals surface area contributed by atoms with E-state index in [2.05, 4.69) is 21.9 Å². The molecule has 1 aromatic heterocycles. The maximum atomic E-state index is 11.9. The second kappa shape index (κ2) is 7.81. The molecule has 1 rings (SSSR count). The first kappa shape index (κ1) is 19.5. The third-order valence-electron chi connectivity index (χ3n) is 2.87. The number of halogens is 2. The van der Waals surface area contributed by atoms with Crippen molar-refractivity contribution in [3.63, 3.8) is 0 Å². The Kier molecular flexibility index (Phi) is 6.61. The Morgan fingerprint density at radius 1 is 1.43 bits per heavy atom. The standard InChI is InChI=1S/C14H18Cl2N4O2S/c1-6-7-9(2)12(20(4)23(5,21)22)10(3)18-13-11(15)8-17-14(16)19-13/h6-8H,3H2,1-2,4-5H3,(H,17,18,19)/b7-6-,12-9+. The highest BCUT2D eigenvalue weighted by Crippen LogP contribution is 2.26. The minimum Gasteiger partial charge on any atom is -0.338 e. The van der Waals surface area contributed by atoms with Crippen LogP contribution in [0.4, 0.5) is 5.82 Å². The van der Waals surface area contributed by atoms with Gasteiger partial charge in [-0.05, 0) is 31.0 Å². The molecule has 1 N–H and O–H groups in total. The lowest BCUT2D eigenvalue weighted by molar-refractivity contribution is 0.532. The minimum atomic E-state index is -3.47. The molecule has 0 aliphatic rings. The second-order valence-corrected chi connectivity index (χ2v) is 7.46. The van der Waals surface area contributed by atoms with Crippen LogP contribution in [0, 0.1) is 0 Å². The summed E-state index contributed by atoms with van der Waals surface area (Å²) in [5.74, 6) is 0.240. The number of sulfonamides is 1. The molecule has 1 aromatic rings. The lowest BCUT2D eigenvalue weighted by atomic mass is 10.1. The molecule has 0 radical (unpaired) electrons. The molecule has 6 nitrogen and oxygen atoms in total. The predicted octanol–water partition coefficient (Wildman–Crippen LogP) is 3.45. The Morgan fingerprint density at radius 3 is 2.57 bits per heavy atom. The van der Waals surface area contributed by atoms with E-state index in [1.54, 1.807) is 19.1 Å². The van der Waals surface area contributed by atoms with Crippen LogP contribution in [-0.2, 0) is 10.0 Å². The van der Waals surface area contributed by atoms with E-state index in [1.807, 2.05) is 6.92 Å². The Balaban J connectivity index is 3.31. The average Bonchev–Trinajstić information content (AvgIpc) is 2.42. The highest BCUT2D eigenvalue weighted by molar-refractivity contribution is 7.88. The van der Waals surface area contributed by atoms with Crippen LogP contribution in [0.5, 0.6) is 0 Å². The van der Waals surface area contributed by atoms with E-state index in [0.29, 0.717) is 17.0 Å². The normalized spacial score (nSPS) is 13.0. The maximum absolute atomic E-state index is 11.9. The highest BCUT2D eigenvalue weighted by Gasteiger charge is 2.20. The Hall–Kier alpha value is -1.57. The zero-order chi connectivity index (χ0) is 17.8. The van der Waals surface area contributed by atoms with Gasteiger partial charge in [-0.15, -0.1) is 0 Å². The summed E-state index contributed by atoms with van der Waals surface area (Å²) >= 11 is 11.8. The van der Waals surface area contributed by atoms with Gasteiger partial charge in [0.2, 0.25) is 15.3 Å². The van der Waals surface area contributed by atoms with Crippen molar-refractivity contribution < 1.29 is 8.42 Å². The molecule has 0 saturated carbocycles. The third kappa shape index (κ3) is 5.23. The summed E-state index contributed by atoms with van der Waals surface area (Å²) in [5, 5.41) is 3.13. The Morgan fingerprint density at radius 2 is 2.04 bits per heavy atom. The topological polar surface area (TPSA) is 75.2 Å². The Bertz CT molecular complexity index is 773. The number of allylic oxidation sites excluding steroid dienone is 3. The first-order valence-electron chi connectivity index (χ1n) is 6.49. The van der Waals surface area contributed by atoms with Gasteiger partial charge < -0.3 is 5.32 Å². The van der Waals surface area contributed by atoms with Crippen LogP contribution in [0.2, 0.25) is 10.3 Å². The van der Waals surface area contributed by atoms with E-state index >= 15 is 0 Å². The van der Waals surface area contributed by atoms with Crippen LogP contribution in [0.1, 0.15) is 13.8 Å². The number of aromatic nitrogens is 2. The van der Waals surface area contributed by atoms with E-state index < -0.39 is 10.0 Å². The molecular formula is C14H18Cl2N4O2S. The van der Waals surface area contributed by atoms with Crippen molar-refractivity contribution in [3.05, 3.63) is 52.2 Å². The van der Waals surface area contributed by atoms with Gasteiger partial charge in [-0.1, -0.05) is 30.3 Å². The predicted molar refractivity (Wildman–Crippen MR) is 94.9 cm³/mol. The molecule has 0 aliphatic carbocycles. The van der Waals surface area contributed by atoms with Crippen LogP contribution in [0.25, 0.3) is 0 Å². The van der Waals surface area contributed by atoms with Gasteiger partial charge in [-0.25, -0.2) is 13.4 Å². The number of nitrogens with one attached hydrogen (secondary N) is 1. The van der Waals surface area contributed by atoms with Crippen molar-refractivity contribution in [3.8, 4) is 0 Å². The number of hydrogen-bond acceptors (Lipinski definition) is 5. The van der Waals surface area contributed by atoms with E-state index in [4.69, 9.17) is 23.2 Å². The molecule has 1 heterocycles. The van der Waals surface area contributed by atoms with E-state index in [-0.39, 0.29) is 16.1 Å². The summed E-state index contributed by atoms with van der Waals surface area (Å²) in [4.78, 5) is 7.72. The molecule has 0 aliphatic heterocycles. The fraction of sp³-hybridized carbons (Fsp3) is 0.286. The van der Waals surface area contributed by atoms with Gasteiger partial charge in [0.1, 0.15) is 5.02 Å². The van der Waals surface area contributed by atoms with Crippen LogP contribution in [0.3, 0.4) is 0 Å². The smallest absolute Gasteiger partial charge is 0.232 e. The average molecular weight is 377 g/mol. The van der Waals surface area contributed by atoms with Crippen molar-refractivity contribution >= 4 is 39.0 Å². The largest absolute Gasteiger partial charge is 0.338 e. The second-order valence-electron chi connectivity index (χ2n) is 4.70. The van der Waals surface area contributed by atoms with Gasteiger partial charge in [0.05, 0.1) is 23.8 Å². The van der Waals surface area contributed by atoms with Gasteiger partial charge in [0, 0.05) is 7.05 Å². The number of rotatable bonds is 6. The van der Waals surface area contributed by atoms with Crippen LogP contribution >= 0.6 is 23.2 Å². The summed E-state index contributed by atoms with van der Waals surface area (Å²) in [6, 6.07) is 0. The van der Waals surface area contributed by atoms with Gasteiger partial charge in [-0.2, -0.15) is 4.98 Å². The lowest BCUT2D eigenvalue weighted by Gasteiger charge is -2.24. The number of likely N-dealkylation sites (N-methyl/N-ethyl adjacent to an activating group) is 1.